The molecule has 7 heteroatoms. The summed E-state index contributed by atoms with van der Waals surface area (Å²) in [4.78, 5) is 13.0. The van der Waals surface area contributed by atoms with Crippen LogP contribution < -0.4 is 0 Å². The van der Waals surface area contributed by atoms with Gasteiger partial charge >= 0.3 is 12.3 Å². The summed E-state index contributed by atoms with van der Waals surface area (Å²) in [6.45, 7) is 2.77. The first-order valence-electron chi connectivity index (χ1n) is 7.17. The molecule has 2 atom stereocenters. The van der Waals surface area contributed by atoms with E-state index in [4.69, 9.17) is 4.74 Å². The molecule has 0 bridgehead atoms. The van der Waals surface area contributed by atoms with Crippen molar-refractivity contribution < 1.29 is 27.8 Å². The lowest BCUT2D eigenvalue weighted by molar-refractivity contribution is -0.189. The number of amides is 1. The third kappa shape index (κ3) is 4.64. The lowest BCUT2D eigenvalue weighted by Crippen LogP contribution is -2.48. The molecule has 23 heavy (non-hydrogen) atoms. The number of ether oxygens (including phenoxy) is 1. The second kappa shape index (κ2) is 6.93. The molecule has 0 saturated carbocycles. The Bertz CT molecular complexity index is 559. The number of carbonyl (C=O) groups is 1. The molecule has 0 aliphatic carbocycles. The van der Waals surface area contributed by atoms with Gasteiger partial charge in [0.25, 0.3) is 0 Å². The highest BCUT2D eigenvalue weighted by Crippen LogP contribution is 2.37. The second-order valence-corrected chi connectivity index (χ2v) is 5.61. The summed E-state index contributed by atoms with van der Waals surface area (Å²) in [5.74, 6) is -2.85. The van der Waals surface area contributed by atoms with Crippen LogP contribution in [-0.2, 0) is 11.3 Å². The minimum Gasteiger partial charge on any atom is -0.513 e. The number of hydrogen-bond donors (Lipinski definition) is 1. The Labute approximate surface area is 132 Å². The molecule has 1 N–H and O–H groups in total. The van der Waals surface area contributed by atoms with Gasteiger partial charge in [0.15, 0.2) is 0 Å². The first-order valence-corrected chi connectivity index (χ1v) is 7.17. The third-order valence-corrected chi connectivity index (χ3v) is 3.85. The fraction of sp³-hybridized carbons (Fsp3) is 0.438. The maximum absolute atomic E-state index is 13.0. The molecule has 0 radical (unpaired) electrons. The Morgan fingerprint density at radius 1 is 1.30 bits per heavy atom. The summed E-state index contributed by atoms with van der Waals surface area (Å²) in [7, 11) is 0. The van der Waals surface area contributed by atoms with Crippen LogP contribution in [0.4, 0.5) is 18.0 Å². The Balaban J connectivity index is 2.01. The zero-order chi connectivity index (χ0) is 17.0. The molecule has 1 fully saturated rings. The number of carbonyl (C=O) groups excluding carboxylic acids is 1. The number of benzene rings is 1. The van der Waals surface area contributed by atoms with E-state index in [1.807, 2.05) is 0 Å². The lowest BCUT2D eigenvalue weighted by Gasteiger charge is -2.37. The molecular formula is C16H18F3NO3. The summed E-state index contributed by atoms with van der Waals surface area (Å²) >= 11 is 0. The van der Waals surface area contributed by atoms with Crippen molar-refractivity contribution in [3.63, 3.8) is 0 Å². The smallest absolute Gasteiger partial charge is 0.410 e. The van der Waals surface area contributed by atoms with E-state index in [0.29, 0.717) is 0 Å². The number of piperidine rings is 1. The van der Waals surface area contributed by atoms with Crippen LogP contribution in [0, 0.1) is 11.8 Å². The van der Waals surface area contributed by atoms with Crippen LogP contribution in [0.3, 0.4) is 0 Å². The van der Waals surface area contributed by atoms with Gasteiger partial charge in [-0.3, -0.25) is 0 Å². The predicted octanol–water partition coefficient (Wildman–Crippen LogP) is 3.90. The van der Waals surface area contributed by atoms with Gasteiger partial charge in [0.2, 0.25) is 0 Å². The number of nitrogens with zero attached hydrogens (tertiary/aromatic N) is 1. The van der Waals surface area contributed by atoms with Gasteiger partial charge in [-0.1, -0.05) is 36.9 Å². The van der Waals surface area contributed by atoms with Gasteiger partial charge in [-0.15, -0.1) is 0 Å². The standard InChI is InChI=1S/C16H18F3NO3/c1-11(21)13-7-14(16(17,18)19)9-20(8-13)15(22)23-10-12-5-3-2-4-6-12/h2-6,13-14,21H,1,7-10H2/t13?,14-/m1/s1. The highest BCUT2D eigenvalue weighted by Gasteiger charge is 2.46. The van der Waals surface area contributed by atoms with Crippen LogP contribution in [0.1, 0.15) is 12.0 Å². The molecule has 1 aromatic carbocycles. The van der Waals surface area contributed by atoms with Crippen LogP contribution in [0.5, 0.6) is 0 Å². The molecule has 1 aromatic rings. The van der Waals surface area contributed by atoms with Crippen LogP contribution in [0.15, 0.2) is 42.7 Å². The van der Waals surface area contributed by atoms with Gasteiger partial charge in [-0.25, -0.2) is 4.79 Å². The Hall–Kier alpha value is -2.18. The first-order chi connectivity index (χ1) is 10.8. The lowest BCUT2D eigenvalue weighted by atomic mass is 9.88. The molecule has 1 aliphatic heterocycles. The van der Waals surface area contributed by atoms with Crippen molar-refractivity contribution in [2.75, 3.05) is 13.1 Å². The molecule has 1 aliphatic rings. The fourth-order valence-electron chi connectivity index (χ4n) is 2.54. The number of aliphatic hydroxyl groups excluding tert-OH is 1. The van der Waals surface area contributed by atoms with E-state index in [9.17, 15) is 23.1 Å². The third-order valence-electron chi connectivity index (χ3n) is 3.85. The molecule has 126 valence electrons. The zero-order valence-electron chi connectivity index (χ0n) is 12.4. The minimum absolute atomic E-state index is 0.0163. The summed E-state index contributed by atoms with van der Waals surface area (Å²) in [6.07, 6.45) is -5.54. The number of likely N-dealkylation sites (tertiary alicyclic amines) is 1. The second-order valence-electron chi connectivity index (χ2n) is 5.61. The van der Waals surface area contributed by atoms with Crippen LogP contribution in [-0.4, -0.2) is 35.4 Å². The highest BCUT2D eigenvalue weighted by molar-refractivity contribution is 5.67. The number of rotatable bonds is 3. The van der Waals surface area contributed by atoms with Crippen LogP contribution >= 0.6 is 0 Å². The van der Waals surface area contributed by atoms with E-state index < -0.39 is 30.7 Å². The van der Waals surface area contributed by atoms with Gasteiger partial charge in [0.05, 0.1) is 11.7 Å². The monoisotopic (exact) mass is 329 g/mol. The Morgan fingerprint density at radius 3 is 2.52 bits per heavy atom. The van der Waals surface area contributed by atoms with Crippen LogP contribution in [0.2, 0.25) is 0 Å². The van der Waals surface area contributed by atoms with Crippen LogP contribution in [0.25, 0.3) is 0 Å². The van der Waals surface area contributed by atoms with Crippen molar-refractivity contribution in [1.29, 1.82) is 0 Å². The fourth-order valence-corrected chi connectivity index (χ4v) is 2.54. The SMILES string of the molecule is C=C(O)C1C[C@@H](C(F)(F)F)CN(C(=O)OCc2ccccc2)C1. The van der Waals surface area contributed by atoms with Crippen molar-refractivity contribution >= 4 is 6.09 Å². The van der Waals surface area contributed by atoms with Crippen molar-refractivity contribution in [2.24, 2.45) is 11.8 Å². The molecule has 4 nitrogen and oxygen atoms in total. The largest absolute Gasteiger partial charge is 0.513 e. The minimum atomic E-state index is -4.44. The molecule has 0 spiro atoms. The van der Waals surface area contributed by atoms with E-state index in [2.05, 4.69) is 6.58 Å². The van der Waals surface area contributed by atoms with E-state index in [-0.39, 0.29) is 25.3 Å². The average Bonchev–Trinajstić information content (AvgIpc) is 2.52. The van der Waals surface area contributed by atoms with Crippen molar-refractivity contribution in [3.8, 4) is 0 Å². The Kier molecular flexibility index (Phi) is 5.18. The van der Waals surface area contributed by atoms with Gasteiger partial charge < -0.3 is 14.7 Å². The van der Waals surface area contributed by atoms with Crippen molar-refractivity contribution in [1.82, 2.24) is 4.90 Å². The molecule has 0 aromatic heterocycles. The highest BCUT2D eigenvalue weighted by atomic mass is 19.4. The van der Waals surface area contributed by atoms with Gasteiger partial charge in [-0.2, -0.15) is 13.2 Å². The maximum Gasteiger partial charge on any atom is 0.410 e. The van der Waals surface area contributed by atoms with Gasteiger partial charge in [0, 0.05) is 19.0 Å². The molecule has 1 heterocycles. The van der Waals surface area contributed by atoms with E-state index in [0.717, 1.165) is 10.5 Å². The van der Waals surface area contributed by atoms with Gasteiger partial charge in [-0.05, 0) is 12.0 Å². The summed E-state index contributed by atoms with van der Waals surface area (Å²) in [5.41, 5.74) is 0.744. The molecule has 1 amide bonds. The van der Waals surface area contributed by atoms with E-state index in [1.165, 1.54) is 0 Å². The zero-order valence-corrected chi connectivity index (χ0v) is 12.4. The average molecular weight is 329 g/mol. The Morgan fingerprint density at radius 2 is 1.96 bits per heavy atom. The maximum atomic E-state index is 13.0. The molecule has 2 rings (SSSR count). The first kappa shape index (κ1) is 17.2. The van der Waals surface area contributed by atoms with E-state index >= 15 is 0 Å². The molecule has 1 saturated heterocycles. The van der Waals surface area contributed by atoms with Crippen molar-refractivity contribution in [3.05, 3.63) is 48.2 Å². The quantitative estimate of drug-likeness (QED) is 0.856. The topological polar surface area (TPSA) is 49.8 Å². The van der Waals surface area contributed by atoms with Gasteiger partial charge in [0.1, 0.15) is 6.61 Å². The number of hydrogen-bond acceptors (Lipinski definition) is 3. The number of alkyl halides is 3. The van der Waals surface area contributed by atoms with E-state index in [1.54, 1.807) is 30.3 Å². The summed E-state index contributed by atoms with van der Waals surface area (Å²) in [6, 6.07) is 8.85. The summed E-state index contributed by atoms with van der Waals surface area (Å²) in [5, 5.41) is 9.43. The predicted molar refractivity (Wildman–Crippen MR) is 77.6 cm³/mol. The van der Waals surface area contributed by atoms with Crippen molar-refractivity contribution in [2.45, 2.75) is 19.2 Å². The summed E-state index contributed by atoms with van der Waals surface area (Å²) < 4.78 is 44.0. The number of aliphatic hydroxyl groups is 1. The molecular weight excluding hydrogens is 311 g/mol. The normalized spacial score (nSPS) is 21.8. The molecule has 1 unspecified atom stereocenters. The number of halogens is 3.